The van der Waals surface area contributed by atoms with Gasteiger partial charge in [0.2, 0.25) is 0 Å². The fraction of sp³-hybridized carbons (Fsp3) is 0.200. The minimum absolute atomic E-state index is 0.0424. The Hall–Kier alpha value is -4.12. The van der Waals surface area contributed by atoms with Crippen LogP contribution in [0.15, 0.2) is 47.9 Å². The highest BCUT2D eigenvalue weighted by Gasteiger charge is 2.17. The quantitative estimate of drug-likeness (QED) is 0.262. The molecule has 3 heterocycles. The highest BCUT2D eigenvalue weighted by molar-refractivity contribution is 5.86. The number of hydrogen-bond donors (Lipinski definition) is 6. The molecule has 0 saturated carbocycles. The SMILES string of the molecule is Cc1cc(-n2ccnc2)cc2[nH]c(-c3c(NCC(O)CNC(=O)O)cc[nH]c3=O)nc12. The zero-order chi connectivity index (χ0) is 22.0. The average molecular weight is 423 g/mol. The summed E-state index contributed by atoms with van der Waals surface area (Å²) in [4.78, 5) is 37.7. The molecule has 11 heteroatoms. The van der Waals surface area contributed by atoms with Crippen LogP contribution in [0.4, 0.5) is 10.5 Å². The first kappa shape index (κ1) is 20.2. The van der Waals surface area contributed by atoms with E-state index in [0.717, 1.165) is 22.3 Å². The van der Waals surface area contributed by atoms with Crippen LogP contribution in [0.25, 0.3) is 28.1 Å². The maximum Gasteiger partial charge on any atom is 0.404 e. The molecule has 1 aromatic carbocycles. The lowest BCUT2D eigenvalue weighted by molar-refractivity contribution is 0.165. The van der Waals surface area contributed by atoms with Gasteiger partial charge in [-0.05, 0) is 30.7 Å². The highest BCUT2D eigenvalue weighted by Crippen LogP contribution is 2.27. The number of benzene rings is 1. The maximum atomic E-state index is 12.6. The molecule has 160 valence electrons. The number of pyridine rings is 1. The molecule has 0 aliphatic rings. The standard InChI is InChI=1S/C20H21N7O4/c1-11-6-12(27-5-4-21-10-27)7-15-17(11)26-18(25-15)16-14(2-3-22-19(16)29)23-8-13(28)9-24-20(30)31/h2-7,10,13,24,28H,8-9H2,1H3,(H,25,26)(H,30,31)(H2,22,23,29). The molecule has 0 spiro atoms. The fourth-order valence-corrected chi connectivity index (χ4v) is 3.32. The first-order valence-corrected chi connectivity index (χ1v) is 9.52. The largest absolute Gasteiger partial charge is 0.465 e. The van der Waals surface area contributed by atoms with Gasteiger partial charge in [0, 0.05) is 37.4 Å². The highest BCUT2D eigenvalue weighted by atomic mass is 16.4. The summed E-state index contributed by atoms with van der Waals surface area (Å²) >= 11 is 0. The average Bonchev–Trinajstić information content (AvgIpc) is 3.40. The van der Waals surface area contributed by atoms with Gasteiger partial charge in [-0.15, -0.1) is 0 Å². The van der Waals surface area contributed by atoms with E-state index in [0.29, 0.717) is 17.1 Å². The summed E-state index contributed by atoms with van der Waals surface area (Å²) in [6.45, 7) is 1.84. The van der Waals surface area contributed by atoms with Crippen molar-refractivity contribution in [2.75, 3.05) is 18.4 Å². The van der Waals surface area contributed by atoms with E-state index in [2.05, 4.69) is 30.6 Å². The number of aromatic nitrogens is 5. The van der Waals surface area contributed by atoms with Crippen LogP contribution in [0, 0.1) is 6.92 Å². The molecule has 0 saturated heterocycles. The third-order valence-electron chi connectivity index (χ3n) is 4.78. The summed E-state index contributed by atoms with van der Waals surface area (Å²) < 4.78 is 1.88. The van der Waals surface area contributed by atoms with Crippen molar-refractivity contribution in [2.45, 2.75) is 13.0 Å². The van der Waals surface area contributed by atoms with Gasteiger partial charge in [-0.1, -0.05) is 0 Å². The van der Waals surface area contributed by atoms with Gasteiger partial charge in [0.1, 0.15) is 11.4 Å². The van der Waals surface area contributed by atoms with Crippen molar-refractivity contribution in [3.63, 3.8) is 0 Å². The van der Waals surface area contributed by atoms with E-state index in [9.17, 15) is 14.7 Å². The van der Waals surface area contributed by atoms with Crippen molar-refractivity contribution in [3.05, 3.63) is 59.0 Å². The number of amides is 1. The molecule has 1 atom stereocenters. The summed E-state index contributed by atoms with van der Waals surface area (Å²) in [5.74, 6) is 0.378. The van der Waals surface area contributed by atoms with E-state index in [1.807, 2.05) is 29.8 Å². The van der Waals surface area contributed by atoms with Crippen LogP contribution in [0.1, 0.15) is 5.56 Å². The topological polar surface area (TPSA) is 161 Å². The van der Waals surface area contributed by atoms with Crippen LogP contribution in [0.5, 0.6) is 0 Å². The molecule has 0 aliphatic carbocycles. The van der Waals surface area contributed by atoms with Crippen molar-refractivity contribution in [3.8, 4) is 17.1 Å². The number of H-pyrrole nitrogens is 2. The molecule has 0 bridgehead atoms. The summed E-state index contributed by atoms with van der Waals surface area (Å²) in [6, 6.07) is 5.56. The van der Waals surface area contributed by atoms with Crippen LogP contribution in [-0.4, -0.2) is 60.0 Å². The second kappa shape index (κ2) is 8.32. The van der Waals surface area contributed by atoms with Gasteiger partial charge in [-0.3, -0.25) is 4.79 Å². The predicted octanol–water partition coefficient (Wildman–Crippen LogP) is 1.45. The van der Waals surface area contributed by atoms with Gasteiger partial charge < -0.3 is 35.4 Å². The number of anilines is 1. The summed E-state index contributed by atoms with van der Waals surface area (Å²) in [7, 11) is 0. The van der Waals surface area contributed by atoms with Crippen LogP contribution in [0.3, 0.4) is 0 Å². The molecular weight excluding hydrogens is 402 g/mol. The number of aliphatic hydroxyl groups excluding tert-OH is 1. The number of nitrogens with zero attached hydrogens (tertiary/aromatic N) is 3. The molecule has 1 amide bonds. The number of aliphatic hydroxyl groups is 1. The first-order chi connectivity index (χ1) is 14.9. The summed E-state index contributed by atoms with van der Waals surface area (Å²) in [5.41, 5.74) is 3.74. The number of carboxylic acid groups (broad SMARTS) is 1. The Morgan fingerprint density at radius 1 is 1.32 bits per heavy atom. The minimum Gasteiger partial charge on any atom is -0.465 e. The Kier molecular flexibility index (Phi) is 5.41. The van der Waals surface area contributed by atoms with E-state index in [4.69, 9.17) is 5.11 Å². The number of aryl methyl sites for hydroxylation is 1. The molecule has 0 radical (unpaired) electrons. The van der Waals surface area contributed by atoms with Crippen LogP contribution in [-0.2, 0) is 0 Å². The fourth-order valence-electron chi connectivity index (χ4n) is 3.32. The number of hydrogen-bond acceptors (Lipinski definition) is 6. The van der Waals surface area contributed by atoms with Gasteiger partial charge in [0.25, 0.3) is 5.56 Å². The molecule has 4 aromatic rings. The minimum atomic E-state index is -1.22. The molecule has 11 nitrogen and oxygen atoms in total. The normalized spacial score (nSPS) is 12.1. The molecule has 3 aromatic heterocycles. The number of carbonyl (C=O) groups is 1. The third-order valence-corrected chi connectivity index (χ3v) is 4.78. The molecule has 4 rings (SSSR count). The zero-order valence-electron chi connectivity index (χ0n) is 16.6. The second-order valence-electron chi connectivity index (χ2n) is 7.03. The number of imidazole rings is 2. The van der Waals surface area contributed by atoms with Gasteiger partial charge >= 0.3 is 6.09 Å². The molecule has 31 heavy (non-hydrogen) atoms. The molecule has 6 N–H and O–H groups in total. The first-order valence-electron chi connectivity index (χ1n) is 9.52. The lowest BCUT2D eigenvalue weighted by Crippen LogP contribution is -2.35. The Labute approximate surface area is 175 Å². The molecular formula is C20H21N7O4. The monoisotopic (exact) mass is 423 g/mol. The number of fused-ring (bicyclic) bond motifs is 1. The van der Waals surface area contributed by atoms with Crippen molar-refractivity contribution >= 4 is 22.8 Å². The zero-order valence-corrected chi connectivity index (χ0v) is 16.6. The van der Waals surface area contributed by atoms with Crippen molar-refractivity contribution in [2.24, 2.45) is 0 Å². The van der Waals surface area contributed by atoms with Crippen LogP contribution in [0.2, 0.25) is 0 Å². The number of rotatable bonds is 7. The Morgan fingerprint density at radius 3 is 2.90 bits per heavy atom. The Morgan fingerprint density at radius 2 is 2.16 bits per heavy atom. The van der Waals surface area contributed by atoms with Crippen LogP contribution >= 0.6 is 0 Å². The van der Waals surface area contributed by atoms with E-state index in [1.165, 1.54) is 6.20 Å². The summed E-state index contributed by atoms with van der Waals surface area (Å²) in [5, 5.41) is 23.7. The van der Waals surface area contributed by atoms with Crippen molar-refractivity contribution < 1.29 is 15.0 Å². The number of nitrogens with one attached hydrogen (secondary N) is 4. The van der Waals surface area contributed by atoms with Crippen molar-refractivity contribution in [1.82, 2.24) is 29.8 Å². The molecule has 0 aliphatic heterocycles. The van der Waals surface area contributed by atoms with E-state index >= 15 is 0 Å². The van der Waals surface area contributed by atoms with Gasteiger partial charge in [-0.2, -0.15) is 0 Å². The Balaban J connectivity index is 1.67. The molecule has 0 fully saturated rings. The number of aromatic amines is 2. The van der Waals surface area contributed by atoms with Gasteiger partial charge in [0.15, 0.2) is 0 Å². The van der Waals surface area contributed by atoms with E-state index in [-0.39, 0.29) is 18.6 Å². The third kappa shape index (κ3) is 4.26. The lowest BCUT2D eigenvalue weighted by atomic mass is 10.2. The van der Waals surface area contributed by atoms with Gasteiger partial charge in [0.05, 0.1) is 29.2 Å². The smallest absolute Gasteiger partial charge is 0.404 e. The lowest BCUT2D eigenvalue weighted by Gasteiger charge is -2.14. The van der Waals surface area contributed by atoms with Crippen LogP contribution < -0.4 is 16.2 Å². The molecule has 1 unspecified atom stereocenters. The second-order valence-corrected chi connectivity index (χ2v) is 7.03. The Bertz CT molecular complexity index is 1280. The van der Waals surface area contributed by atoms with E-state index < -0.39 is 12.2 Å². The van der Waals surface area contributed by atoms with Crippen molar-refractivity contribution in [1.29, 1.82) is 0 Å². The van der Waals surface area contributed by atoms with Gasteiger partial charge in [-0.25, -0.2) is 14.8 Å². The summed E-state index contributed by atoms with van der Waals surface area (Å²) in [6.07, 6.45) is 4.53. The maximum absolute atomic E-state index is 12.6. The van der Waals surface area contributed by atoms with E-state index in [1.54, 1.807) is 18.6 Å². The predicted molar refractivity (Wildman–Crippen MR) is 115 cm³/mol.